The molecule has 0 aromatic carbocycles. The molecule has 0 amide bonds. The maximum Gasteiger partial charge on any atom is 0.306 e. The first-order chi connectivity index (χ1) is 22.6. The monoisotopic (exact) mass is 710 g/mol. The lowest BCUT2D eigenvalue weighted by atomic mass is 10.1. The highest BCUT2D eigenvalue weighted by atomic mass is 79.9. The molecule has 0 heterocycles. The molecule has 5 heteroatoms. The van der Waals surface area contributed by atoms with Gasteiger partial charge in [-0.1, -0.05) is 157 Å². The molecular weight excluding hydrogens is 636 g/mol. The van der Waals surface area contributed by atoms with Crippen LogP contribution in [0.4, 0.5) is 0 Å². The van der Waals surface area contributed by atoms with Gasteiger partial charge in [0.15, 0.2) is 0 Å². The molecule has 0 rings (SSSR count). The predicted octanol–water partition coefficient (Wildman–Crippen LogP) is 13.7. The molecule has 0 fully saturated rings. The molecule has 0 bridgehead atoms. The molecular formula is C41H75BrO4. The van der Waals surface area contributed by atoms with Crippen LogP contribution in [0.5, 0.6) is 0 Å². The van der Waals surface area contributed by atoms with Crippen LogP contribution in [0.25, 0.3) is 0 Å². The number of carbonyl (C=O) groups excluding carboxylic acids is 2. The van der Waals surface area contributed by atoms with Crippen molar-refractivity contribution in [1.29, 1.82) is 0 Å². The Kier molecular flexibility index (Phi) is 37.4. The van der Waals surface area contributed by atoms with E-state index in [9.17, 15) is 9.59 Å². The smallest absolute Gasteiger partial charge is 0.306 e. The maximum atomic E-state index is 12.4. The minimum absolute atomic E-state index is 0.162. The average Bonchev–Trinajstić information content (AvgIpc) is 3.05. The number of unbranched alkanes of at least 4 members (excludes halogenated alkanes) is 22. The van der Waals surface area contributed by atoms with E-state index in [0.717, 1.165) is 37.4 Å². The number of hydrogen-bond acceptors (Lipinski definition) is 4. The number of alkyl halides is 1. The van der Waals surface area contributed by atoms with Crippen molar-refractivity contribution >= 4 is 27.9 Å². The molecule has 46 heavy (non-hydrogen) atoms. The molecule has 0 aromatic heterocycles. The minimum Gasteiger partial charge on any atom is -0.462 e. The van der Waals surface area contributed by atoms with Crippen LogP contribution in [-0.4, -0.2) is 30.0 Å². The summed E-state index contributed by atoms with van der Waals surface area (Å²) in [5, 5.41) is 0.845. The van der Waals surface area contributed by atoms with Gasteiger partial charge in [-0.15, -0.1) is 0 Å². The quantitative estimate of drug-likeness (QED) is 0.0281. The lowest BCUT2D eigenvalue weighted by Gasteiger charge is -2.18. The third-order valence-corrected chi connectivity index (χ3v) is 9.23. The number of ether oxygens (including phenoxy) is 2. The maximum absolute atomic E-state index is 12.4. The van der Waals surface area contributed by atoms with Crippen molar-refractivity contribution in [2.75, 3.05) is 11.9 Å². The van der Waals surface area contributed by atoms with Gasteiger partial charge < -0.3 is 9.47 Å². The first kappa shape index (κ1) is 44.9. The van der Waals surface area contributed by atoms with Crippen molar-refractivity contribution < 1.29 is 19.1 Å². The zero-order valence-electron chi connectivity index (χ0n) is 30.5. The molecule has 0 aliphatic carbocycles. The van der Waals surface area contributed by atoms with Crippen molar-refractivity contribution in [2.45, 2.75) is 213 Å². The van der Waals surface area contributed by atoms with Crippen LogP contribution in [0.15, 0.2) is 24.3 Å². The lowest BCUT2D eigenvalue weighted by molar-refractivity contribution is -0.159. The van der Waals surface area contributed by atoms with Gasteiger partial charge in [-0.3, -0.25) is 9.59 Å². The van der Waals surface area contributed by atoms with Gasteiger partial charge in [-0.05, 0) is 77.0 Å². The molecule has 0 aromatic rings. The molecule has 270 valence electrons. The number of rotatable bonds is 36. The summed E-state index contributed by atoms with van der Waals surface area (Å²) in [6.45, 7) is 4.71. The van der Waals surface area contributed by atoms with Gasteiger partial charge in [-0.25, -0.2) is 0 Å². The highest BCUT2D eigenvalue weighted by Gasteiger charge is 2.16. The second-order valence-electron chi connectivity index (χ2n) is 13.3. The largest absolute Gasteiger partial charge is 0.462 e. The standard InChI is InChI=1S/C41H75BrO4/c1-3-5-7-9-11-13-15-17-19-21-23-25-27-29-31-35-40(43)45-38-39(34-33-37-42)46-41(44)36-32-30-28-26-24-22-20-18-16-14-12-10-8-6-4-2/h17-20,39H,3-16,21-38H2,1-2H3/b19-17-,20-18-/t39-/m1/s1. The van der Waals surface area contributed by atoms with Gasteiger partial charge in [0.05, 0.1) is 0 Å². The van der Waals surface area contributed by atoms with Crippen LogP contribution in [0.1, 0.15) is 206 Å². The lowest BCUT2D eigenvalue weighted by Crippen LogP contribution is -2.25. The van der Waals surface area contributed by atoms with E-state index < -0.39 is 0 Å². The van der Waals surface area contributed by atoms with Gasteiger partial charge in [-0.2, -0.15) is 0 Å². The average molecular weight is 712 g/mol. The van der Waals surface area contributed by atoms with Crippen LogP contribution >= 0.6 is 15.9 Å². The number of carbonyl (C=O) groups is 2. The second-order valence-corrected chi connectivity index (χ2v) is 14.1. The van der Waals surface area contributed by atoms with Gasteiger partial charge >= 0.3 is 11.9 Å². The summed E-state index contributed by atoms with van der Waals surface area (Å²) in [6, 6.07) is 0. The van der Waals surface area contributed by atoms with Crippen LogP contribution in [0.3, 0.4) is 0 Å². The molecule has 0 N–H and O–H groups in total. The Labute approximate surface area is 294 Å². The summed E-state index contributed by atoms with van der Waals surface area (Å²) in [7, 11) is 0. The van der Waals surface area contributed by atoms with Crippen LogP contribution in [0, 0.1) is 0 Å². The normalized spacial score (nSPS) is 12.3. The molecule has 1 atom stereocenters. The van der Waals surface area contributed by atoms with Crippen molar-refractivity contribution in [1.82, 2.24) is 0 Å². The molecule has 0 saturated carbocycles. The Bertz CT molecular complexity index is 705. The fourth-order valence-corrected chi connectivity index (χ4v) is 5.99. The van der Waals surface area contributed by atoms with E-state index in [2.05, 4.69) is 54.1 Å². The number of allylic oxidation sites excluding steroid dienone is 4. The molecule has 0 aliphatic rings. The van der Waals surface area contributed by atoms with E-state index in [1.54, 1.807) is 0 Å². The van der Waals surface area contributed by atoms with Crippen molar-refractivity contribution in [3.8, 4) is 0 Å². The molecule has 0 radical (unpaired) electrons. The summed E-state index contributed by atoms with van der Waals surface area (Å²) >= 11 is 3.46. The van der Waals surface area contributed by atoms with Gasteiger partial charge in [0, 0.05) is 18.2 Å². The highest BCUT2D eigenvalue weighted by Crippen LogP contribution is 2.14. The third-order valence-electron chi connectivity index (χ3n) is 8.67. The molecule has 0 spiro atoms. The number of halogens is 1. The van der Waals surface area contributed by atoms with Crippen molar-refractivity contribution in [3.05, 3.63) is 24.3 Å². The van der Waals surface area contributed by atoms with Crippen LogP contribution < -0.4 is 0 Å². The van der Waals surface area contributed by atoms with Crippen LogP contribution in [-0.2, 0) is 19.1 Å². The summed E-state index contributed by atoms with van der Waals surface area (Å²) in [6.07, 6.45) is 43.8. The Morgan fingerprint density at radius 1 is 0.500 bits per heavy atom. The Morgan fingerprint density at radius 2 is 0.870 bits per heavy atom. The van der Waals surface area contributed by atoms with Crippen LogP contribution in [0.2, 0.25) is 0 Å². The Morgan fingerprint density at radius 3 is 1.28 bits per heavy atom. The van der Waals surface area contributed by atoms with Crippen molar-refractivity contribution in [2.24, 2.45) is 0 Å². The van der Waals surface area contributed by atoms with Gasteiger partial charge in [0.1, 0.15) is 12.7 Å². The molecule has 0 aliphatic heterocycles. The number of esters is 2. The SMILES string of the molecule is CCCCCCCC/C=C\CCCCCCCC(=O)OC[C@@H](CCCBr)OC(=O)CCCCCCC/C=C\CCCCCCCC. The predicted molar refractivity (Wildman–Crippen MR) is 203 cm³/mol. The van der Waals surface area contributed by atoms with E-state index in [0.29, 0.717) is 19.3 Å². The zero-order chi connectivity index (χ0) is 33.6. The highest BCUT2D eigenvalue weighted by molar-refractivity contribution is 9.09. The van der Waals surface area contributed by atoms with Gasteiger partial charge in [0.25, 0.3) is 0 Å². The fourth-order valence-electron chi connectivity index (χ4n) is 5.66. The first-order valence-corrected chi connectivity index (χ1v) is 21.0. The Balaban J connectivity index is 3.77. The fraction of sp³-hybridized carbons (Fsp3) is 0.854. The van der Waals surface area contributed by atoms with E-state index in [1.807, 2.05) is 0 Å². The van der Waals surface area contributed by atoms with E-state index in [-0.39, 0.29) is 24.6 Å². The molecule has 0 unspecified atom stereocenters. The summed E-state index contributed by atoms with van der Waals surface area (Å²) in [4.78, 5) is 24.7. The van der Waals surface area contributed by atoms with Gasteiger partial charge in [0.2, 0.25) is 0 Å². The summed E-state index contributed by atoms with van der Waals surface area (Å²) < 4.78 is 11.2. The minimum atomic E-state index is -0.341. The topological polar surface area (TPSA) is 52.6 Å². The zero-order valence-corrected chi connectivity index (χ0v) is 32.1. The Hall–Kier alpha value is -1.10. The summed E-state index contributed by atoms with van der Waals surface area (Å²) in [5.74, 6) is -0.333. The number of hydrogen-bond donors (Lipinski definition) is 0. The molecule has 0 saturated heterocycles. The third kappa shape index (κ3) is 35.7. The second kappa shape index (κ2) is 38.3. The van der Waals surface area contributed by atoms with Crippen molar-refractivity contribution in [3.63, 3.8) is 0 Å². The molecule has 4 nitrogen and oxygen atoms in total. The first-order valence-electron chi connectivity index (χ1n) is 19.8. The van der Waals surface area contributed by atoms with E-state index in [1.165, 1.54) is 141 Å². The van der Waals surface area contributed by atoms with E-state index >= 15 is 0 Å². The van der Waals surface area contributed by atoms with E-state index in [4.69, 9.17) is 9.47 Å². The summed E-state index contributed by atoms with van der Waals surface area (Å²) in [5.41, 5.74) is 0.